The molecule has 2 N–H and O–H groups in total. The van der Waals surface area contributed by atoms with Crippen molar-refractivity contribution in [3.8, 4) is 6.07 Å². The zero-order valence-electron chi connectivity index (χ0n) is 6.36. The molecule has 0 fully saturated rings. The summed E-state index contributed by atoms with van der Waals surface area (Å²) in [6.07, 6.45) is 3.41. The van der Waals surface area contributed by atoms with Crippen LogP contribution < -0.4 is 5.73 Å². The molecule has 1 unspecified atom stereocenters. The van der Waals surface area contributed by atoms with Gasteiger partial charge in [-0.2, -0.15) is 5.26 Å². The molecule has 1 aromatic heterocycles. The van der Waals surface area contributed by atoms with E-state index >= 15 is 0 Å². The van der Waals surface area contributed by atoms with Gasteiger partial charge >= 0.3 is 0 Å². The Hall–Kier alpha value is -1.34. The van der Waals surface area contributed by atoms with E-state index < -0.39 is 0 Å². The number of imidazole rings is 1. The summed E-state index contributed by atoms with van der Waals surface area (Å²) in [4.78, 5) is 3.99. The minimum Gasteiger partial charge on any atom is -0.325 e. The van der Waals surface area contributed by atoms with Crippen LogP contribution in [-0.2, 0) is 6.54 Å². The van der Waals surface area contributed by atoms with Crippen LogP contribution in [-0.4, -0.2) is 9.55 Å². The zero-order valence-corrected chi connectivity index (χ0v) is 6.36. The normalized spacial score (nSPS) is 12.5. The van der Waals surface area contributed by atoms with Gasteiger partial charge in [0.25, 0.3) is 0 Å². The van der Waals surface area contributed by atoms with Gasteiger partial charge in [-0.3, -0.25) is 0 Å². The Labute approximate surface area is 65.3 Å². The van der Waals surface area contributed by atoms with Crippen molar-refractivity contribution in [2.24, 2.45) is 5.73 Å². The standard InChI is InChI=1S/C7H10N4/c1-6(2-8)11-4-7(3-9)10-5-11/h4-6H,3,9H2,1H3. The lowest BCUT2D eigenvalue weighted by atomic mass is 10.4. The summed E-state index contributed by atoms with van der Waals surface area (Å²) < 4.78 is 1.74. The smallest absolute Gasteiger partial charge is 0.119 e. The van der Waals surface area contributed by atoms with Crippen molar-refractivity contribution in [2.45, 2.75) is 19.5 Å². The molecule has 0 aliphatic rings. The lowest BCUT2D eigenvalue weighted by molar-refractivity contribution is 0.671. The molecule has 0 aliphatic carbocycles. The molecule has 1 heterocycles. The van der Waals surface area contributed by atoms with Gasteiger partial charge in [0, 0.05) is 12.7 Å². The lowest BCUT2D eigenvalue weighted by Crippen LogP contribution is -1.99. The van der Waals surface area contributed by atoms with Gasteiger partial charge in [-0.15, -0.1) is 0 Å². The first-order valence-electron chi connectivity index (χ1n) is 3.40. The molecular weight excluding hydrogens is 140 g/mol. The number of nitriles is 1. The van der Waals surface area contributed by atoms with E-state index in [4.69, 9.17) is 11.0 Å². The summed E-state index contributed by atoms with van der Waals surface area (Å²) >= 11 is 0. The summed E-state index contributed by atoms with van der Waals surface area (Å²) in [5, 5.41) is 8.54. The first kappa shape index (κ1) is 7.76. The zero-order chi connectivity index (χ0) is 8.27. The number of hydrogen-bond donors (Lipinski definition) is 1. The second-order valence-corrected chi connectivity index (χ2v) is 2.32. The summed E-state index contributed by atoms with van der Waals surface area (Å²) in [6, 6.07) is 1.94. The summed E-state index contributed by atoms with van der Waals surface area (Å²) in [6.45, 7) is 2.23. The number of hydrogen-bond acceptors (Lipinski definition) is 3. The summed E-state index contributed by atoms with van der Waals surface area (Å²) in [5.74, 6) is 0. The predicted molar refractivity (Wildman–Crippen MR) is 40.4 cm³/mol. The fraction of sp³-hybridized carbons (Fsp3) is 0.429. The van der Waals surface area contributed by atoms with Crippen molar-refractivity contribution in [3.05, 3.63) is 18.2 Å². The van der Waals surface area contributed by atoms with Crippen LogP contribution in [0, 0.1) is 11.3 Å². The fourth-order valence-electron chi connectivity index (χ4n) is 0.763. The maximum atomic E-state index is 8.54. The molecular formula is C7H10N4. The molecule has 4 heteroatoms. The molecule has 0 aliphatic heterocycles. The highest BCUT2D eigenvalue weighted by Gasteiger charge is 2.02. The Morgan fingerprint density at radius 2 is 2.64 bits per heavy atom. The quantitative estimate of drug-likeness (QED) is 0.664. The third kappa shape index (κ3) is 1.57. The van der Waals surface area contributed by atoms with E-state index in [1.165, 1.54) is 0 Å². The van der Waals surface area contributed by atoms with E-state index in [0.29, 0.717) is 6.54 Å². The molecule has 0 spiro atoms. The van der Waals surface area contributed by atoms with E-state index in [9.17, 15) is 0 Å². The molecule has 11 heavy (non-hydrogen) atoms. The Bertz CT molecular complexity index is 270. The van der Waals surface area contributed by atoms with Crippen LogP contribution >= 0.6 is 0 Å². The van der Waals surface area contributed by atoms with E-state index in [2.05, 4.69) is 11.1 Å². The number of nitrogens with zero attached hydrogens (tertiary/aromatic N) is 3. The van der Waals surface area contributed by atoms with Crippen molar-refractivity contribution < 1.29 is 0 Å². The van der Waals surface area contributed by atoms with Crippen LogP contribution in [0.1, 0.15) is 18.7 Å². The van der Waals surface area contributed by atoms with Gasteiger partial charge in [0.2, 0.25) is 0 Å². The third-order valence-electron chi connectivity index (χ3n) is 1.50. The maximum Gasteiger partial charge on any atom is 0.119 e. The Morgan fingerprint density at radius 1 is 1.91 bits per heavy atom. The average Bonchev–Trinajstić information content (AvgIpc) is 2.50. The molecule has 1 aromatic rings. The highest BCUT2D eigenvalue weighted by Crippen LogP contribution is 2.04. The molecule has 1 rings (SSSR count). The van der Waals surface area contributed by atoms with Crippen molar-refractivity contribution in [3.63, 3.8) is 0 Å². The first-order valence-corrected chi connectivity index (χ1v) is 3.40. The minimum atomic E-state index is -0.164. The number of rotatable bonds is 2. The van der Waals surface area contributed by atoms with Gasteiger partial charge in [0.15, 0.2) is 0 Å². The van der Waals surface area contributed by atoms with Gasteiger partial charge in [-0.1, -0.05) is 0 Å². The number of nitrogens with two attached hydrogens (primary N) is 1. The van der Waals surface area contributed by atoms with E-state index in [-0.39, 0.29) is 6.04 Å². The van der Waals surface area contributed by atoms with Gasteiger partial charge < -0.3 is 10.3 Å². The van der Waals surface area contributed by atoms with Crippen molar-refractivity contribution in [1.82, 2.24) is 9.55 Å². The lowest BCUT2D eigenvalue weighted by Gasteiger charge is -2.00. The minimum absolute atomic E-state index is 0.164. The van der Waals surface area contributed by atoms with Crippen LogP contribution in [0.4, 0.5) is 0 Å². The molecule has 0 aromatic carbocycles. The van der Waals surface area contributed by atoms with Crippen molar-refractivity contribution >= 4 is 0 Å². The molecule has 4 nitrogen and oxygen atoms in total. The van der Waals surface area contributed by atoms with Crippen molar-refractivity contribution in [1.29, 1.82) is 5.26 Å². The predicted octanol–water partition coefficient (Wildman–Crippen LogP) is 0.426. The van der Waals surface area contributed by atoms with E-state index in [1.54, 1.807) is 17.1 Å². The van der Waals surface area contributed by atoms with Gasteiger partial charge in [0.1, 0.15) is 6.04 Å². The molecule has 0 bridgehead atoms. The van der Waals surface area contributed by atoms with Gasteiger partial charge in [0.05, 0.1) is 18.1 Å². The number of aromatic nitrogens is 2. The monoisotopic (exact) mass is 150 g/mol. The average molecular weight is 150 g/mol. The van der Waals surface area contributed by atoms with Crippen LogP contribution in [0.25, 0.3) is 0 Å². The molecule has 0 saturated heterocycles. The highest BCUT2D eigenvalue weighted by molar-refractivity contribution is 5.00. The van der Waals surface area contributed by atoms with Gasteiger partial charge in [-0.25, -0.2) is 4.98 Å². The Balaban J connectivity index is 2.82. The van der Waals surface area contributed by atoms with Gasteiger partial charge in [-0.05, 0) is 6.92 Å². The third-order valence-corrected chi connectivity index (χ3v) is 1.50. The Morgan fingerprint density at radius 3 is 3.09 bits per heavy atom. The Kier molecular flexibility index (Phi) is 2.24. The summed E-state index contributed by atoms with van der Waals surface area (Å²) in [5.41, 5.74) is 6.16. The SMILES string of the molecule is CC(C#N)n1cnc(CN)c1. The molecule has 0 saturated carbocycles. The summed E-state index contributed by atoms with van der Waals surface area (Å²) in [7, 11) is 0. The van der Waals surface area contributed by atoms with Crippen LogP contribution in [0.15, 0.2) is 12.5 Å². The fourth-order valence-corrected chi connectivity index (χ4v) is 0.763. The van der Waals surface area contributed by atoms with Crippen LogP contribution in [0.3, 0.4) is 0 Å². The second-order valence-electron chi connectivity index (χ2n) is 2.32. The largest absolute Gasteiger partial charge is 0.325 e. The molecule has 0 radical (unpaired) electrons. The maximum absolute atomic E-state index is 8.54. The second kappa shape index (κ2) is 3.17. The molecule has 0 amide bonds. The van der Waals surface area contributed by atoms with Crippen molar-refractivity contribution in [2.75, 3.05) is 0 Å². The molecule has 1 atom stereocenters. The first-order chi connectivity index (χ1) is 5.27. The van der Waals surface area contributed by atoms with E-state index in [0.717, 1.165) is 5.69 Å². The van der Waals surface area contributed by atoms with Crippen LogP contribution in [0.5, 0.6) is 0 Å². The highest BCUT2D eigenvalue weighted by atomic mass is 15.1. The topological polar surface area (TPSA) is 67.6 Å². The molecule has 58 valence electrons. The van der Waals surface area contributed by atoms with Crippen LogP contribution in [0.2, 0.25) is 0 Å². The van der Waals surface area contributed by atoms with E-state index in [1.807, 2.05) is 6.92 Å².